The highest BCUT2D eigenvalue weighted by Gasteiger charge is 2.39. The standard InChI is InChI=1S/C20H22N2O4/c1-3-20(4-2)13-17(16-7-5-6-8-18(16)26-20)21-19(23)14-9-11-15(12-10-14)22(24)25/h5-12,17H,3-4,13H2,1-2H3,(H,21,23)/t17-/m1/s1. The molecule has 1 atom stereocenters. The molecule has 6 heteroatoms. The Kier molecular flexibility index (Phi) is 4.93. The Morgan fingerprint density at radius 2 is 1.85 bits per heavy atom. The van der Waals surface area contributed by atoms with Gasteiger partial charge < -0.3 is 10.1 Å². The number of non-ortho nitro benzene ring substituents is 1. The van der Waals surface area contributed by atoms with Gasteiger partial charge in [0.1, 0.15) is 11.4 Å². The van der Waals surface area contributed by atoms with Crippen LogP contribution in [0.5, 0.6) is 5.75 Å². The van der Waals surface area contributed by atoms with Crippen molar-refractivity contribution in [1.82, 2.24) is 5.32 Å². The van der Waals surface area contributed by atoms with Gasteiger partial charge in [-0.2, -0.15) is 0 Å². The fourth-order valence-electron chi connectivity index (χ4n) is 3.41. The molecule has 3 rings (SSSR count). The van der Waals surface area contributed by atoms with Gasteiger partial charge in [-0.1, -0.05) is 32.0 Å². The molecule has 0 saturated carbocycles. The third-order valence-corrected chi connectivity index (χ3v) is 5.13. The van der Waals surface area contributed by atoms with Crippen LogP contribution in [0.4, 0.5) is 5.69 Å². The van der Waals surface area contributed by atoms with E-state index in [4.69, 9.17) is 4.74 Å². The Labute approximate surface area is 152 Å². The smallest absolute Gasteiger partial charge is 0.269 e. The molecule has 1 heterocycles. The van der Waals surface area contributed by atoms with Crippen LogP contribution in [-0.4, -0.2) is 16.4 Å². The number of carbonyl (C=O) groups is 1. The van der Waals surface area contributed by atoms with Gasteiger partial charge in [0.05, 0.1) is 11.0 Å². The highest BCUT2D eigenvalue weighted by atomic mass is 16.6. The van der Waals surface area contributed by atoms with E-state index in [9.17, 15) is 14.9 Å². The molecule has 6 nitrogen and oxygen atoms in total. The van der Waals surface area contributed by atoms with Crippen molar-refractivity contribution in [3.63, 3.8) is 0 Å². The normalized spacial score (nSPS) is 17.7. The number of nitro benzene ring substituents is 1. The molecule has 1 N–H and O–H groups in total. The zero-order chi connectivity index (χ0) is 18.7. The van der Waals surface area contributed by atoms with Crippen molar-refractivity contribution in [3.05, 3.63) is 69.8 Å². The van der Waals surface area contributed by atoms with Crippen LogP contribution in [-0.2, 0) is 0 Å². The number of amides is 1. The van der Waals surface area contributed by atoms with Gasteiger partial charge in [0.15, 0.2) is 0 Å². The number of fused-ring (bicyclic) bond motifs is 1. The third-order valence-electron chi connectivity index (χ3n) is 5.13. The summed E-state index contributed by atoms with van der Waals surface area (Å²) in [6.45, 7) is 4.18. The van der Waals surface area contributed by atoms with Gasteiger partial charge in [-0.25, -0.2) is 0 Å². The molecule has 2 aromatic carbocycles. The van der Waals surface area contributed by atoms with E-state index < -0.39 is 4.92 Å². The summed E-state index contributed by atoms with van der Waals surface area (Å²) < 4.78 is 6.25. The van der Waals surface area contributed by atoms with Gasteiger partial charge in [0.25, 0.3) is 11.6 Å². The number of para-hydroxylation sites is 1. The fraction of sp³-hybridized carbons (Fsp3) is 0.350. The predicted molar refractivity (Wildman–Crippen MR) is 98.3 cm³/mol. The minimum Gasteiger partial charge on any atom is -0.487 e. The first kappa shape index (κ1) is 17.9. The lowest BCUT2D eigenvalue weighted by Crippen LogP contribution is -2.44. The Morgan fingerprint density at radius 1 is 1.19 bits per heavy atom. The van der Waals surface area contributed by atoms with Crippen molar-refractivity contribution in [2.24, 2.45) is 0 Å². The summed E-state index contributed by atoms with van der Waals surface area (Å²) >= 11 is 0. The monoisotopic (exact) mass is 354 g/mol. The van der Waals surface area contributed by atoms with Crippen LogP contribution in [0, 0.1) is 10.1 Å². The summed E-state index contributed by atoms with van der Waals surface area (Å²) in [5.74, 6) is 0.555. The van der Waals surface area contributed by atoms with Crippen LogP contribution < -0.4 is 10.1 Å². The van der Waals surface area contributed by atoms with Crippen LogP contribution in [0.15, 0.2) is 48.5 Å². The van der Waals surface area contributed by atoms with E-state index in [0.29, 0.717) is 12.0 Å². The van der Waals surface area contributed by atoms with E-state index in [2.05, 4.69) is 19.2 Å². The van der Waals surface area contributed by atoms with Crippen molar-refractivity contribution in [2.45, 2.75) is 44.8 Å². The van der Waals surface area contributed by atoms with Crippen molar-refractivity contribution in [2.75, 3.05) is 0 Å². The molecule has 1 aliphatic heterocycles. The third kappa shape index (κ3) is 3.40. The minimum atomic E-state index is -0.479. The van der Waals surface area contributed by atoms with Crippen LogP contribution in [0.2, 0.25) is 0 Å². The maximum atomic E-state index is 12.7. The first-order valence-corrected chi connectivity index (χ1v) is 8.81. The van der Waals surface area contributed by atoms with E-state index in [0.717, 1.165) is 24.2 Å². The molecule has 0 unspecified atom stereocenters. The Hall–Kier alpha value is -2.89. The summed E-state index contributed by atoms with van der Waals surface area (Å²) in [7, 11) is 0. The zero-order valence-electron chi connectivity index (χ0n) is 14.9. The number of carbonyl (C=O) groups excluding carboxylic acids is 1. The topological polar surface area (TPSA) is 81.5 Å². The van der Waals surface area contributed by atoms with E-state index in [-0.39, 0.29) is 23.2 Å². The molecule has 0 spiro atoms. The molecular formula is C20H22N2O4. The van der Waals surface area contributed by atoms with E-state index in [1.165, 1.54) is 24.3 Å². The van der Waals surface area contributed by atoms with Crippen LogP contribution in [0.1, 0.15) is 55.1 Å². The molecule has 0 aliphatic carbocycles. The van der Waals surface area contributed by atoms with Gasteiger partial charge >= 0.3 is 0 Å². The van der Waals surface area contributed by atoms with Gasteiger partial charge in [0, 0.05) is 29.7 Å². The van der Waals surface area contributed by atoms with Crippen molar-refractivity contribution >= 4 is 11.6 Å². The number of hydrogen-bond donors (Lipinski definition) is 1. The summed E-state index contributed by atoms with van der Waals surface area (Å²) in [6, 6.07) is 13.2. The molecule has 26 heavy (non-hydrogen) atoms. The Morgan fingerprint density at radius 3 is 2.46 bits per heavy atom. The molecule has 136 valence electrons. The maximum absolute atomic E-state index is 12.7. The average molecular weight is 354 g/mol. The second-order valence-corrected chi connectivity index (χ2v) is 6.56. The molecule has 0 saturated heterocycles. The lowest BCUT2D eigenvalue weighted by Gasteiger charge is -2.41. The minimum absolute atomic E-state index is 0.0334. The maximum Gasteiger partial charge on any atom is 0.269 e. The summed E-state index contributed by atoms with van der Waals surface area (Å²) in [4.78, 5) is 23.0. The van der Waals surface area contributed by atoms with E-state index in [1.54, 1.807) is 0 Å². The van der Waals surface area contributed by atoms with Gasteiger partial charge in [0.2, 0.25) is 0 Å². The van der Waals surface area contributed by atoms with Crippen LogP contribution >= 0.6 is 0 Å². The van der Waals surface area contributed by atoms with E-state index >= 15 is 0 Å². The number of nitrogens with zero attached hydrogens (tertiary/aromatic N) is 1. The summed E-state index contributed by atoms with van der Waals surface area (Å²) in [5.41, 5.74) is 1.02. The number of ether oxygens (including phenoxy) is 1. The second-order valence-electron chi connectivity index (χ2n) is 6.56. The molecule has 2 aromatic rings. The lowest BCUT2D eigenvalue weighted by atomic mass is 9.83. The summed E-state index contributed by atoms with van der Waals surface area (Å²) in [5, 5.41) is 13.8. The van der Waals surface area contributed by atoms with Crippen LogP contribution in [0.25, 0.3) is 0 Å². The fourth-order valence-corrected chi connectivity index (χ4v) is 3.41. The van der Waals surface area contributed by atoms with Gasteiger partial charge in [-0.3, -0.25) is 14.9 Å². The Balaban J connectivity index is 1.85. The number of nitrogens with one attached hydrogen (secondary N) is 1. The van der Waals surface area contributed by atoms with Crippen molar-refractivity contribution in [1.29, 1.82) is 0 Å². The summed E-state index contributed by atoms with van der Waals surface area (Å²) in [6.07, 6.45) is 2.39. The number of nitro groups is 1. The predicted octanol–water partition coefficient (Wildman–Crippen LogP) is 4.41. The highest BCUT2D eigenvalue weighted by molar-refractivity contribution is 5.94. The first-order valence-electron chi connectivity index (χ1n) is 8.81. The molecule has 1 aliphatic rings. The van der Waals surface area contributed by atoms with Crippen LogP contribution in [0.3, 0.4) is 0 Å². The SMILES string of the molecule is CCC1(CC)C[C@@H](NC(=O)c2ccc([N+](=O)[O-])cc2)c2ccccc2O1. The molecule has 1 amide bonds. The number of benzene rings is 2. The van der Waals surface area contributed by atoms with Crippen molar-refractivity contribution in [3.8, 4) is 5.75 Å². The zero-order valence-corrected chi connectivity index (χ0v) is 14.9. The lowest BCUT2D eigenvalue weighted by molar-refractivity contribution is -0.384. The number of hydrogen-bond acceptors (Lipinski definition) is 4. The quantitative estimate of drug-likeness (QED) is 0.637. The molecule has 0 aromatic heterocycles. The molecule has 0 radical (unpaired) electrons. The number of rotatable bonds is 5. The van der Waals surface area contributed by atoms with Crippen molar-refractivity contribution < 1.29 is 14.5 Å². The van der Waals surface area contributed by atoms with E-state index in [1.807, 2.05) is 24.3 Å². The van der Waals surface area contributed by atoms with Gasteiger partial charge in [-0.05, 0) is 31.0 Å². The largest absolute Gasteiger partial charge is 0.487 e. The second kappa shape index (κ2) is 7.15. The van der Waals surface area contributed by atoms with Gasteiger partial charge in [-0.15, -0.1) is 0 Å². The Bertz CT molecular complexity index is 813. The average Bonchev–Trinajstić information content (AvgIpc) is 2.67. The highest BCUT2D eigenvalue weighted by Crippen LogP contribution is 2.42. The molecule has 0 bridgehead atoms. The first-order chi connectivity index (χ1) is 12.5. The molecule has 0 fully saturated rings. The molecular weight excluding hydrogens is 332 g/mol.